The fraction of sp³-hybridized carbons (Fsp3) is 0.100. The van der Waals surface area contributed by atoms with E-state index in [0.29, 0.717) is 17.0 Å². The van der Waals surface area contributed by atoms with E-state index in [1.807, 2.05) is 0 Å². The Morgan fingerprint density at radius 1 is 1.25 bits per heavy atom. The molecule has 1 aromatic heterocycles. The van der Waals surface area contributed by atoms with Gasteiger partial charge in [-0.05, 0) is 29.8 Å². The summed E-state index contributed by atoms with van der Waals surface area (Å²) in [6.07, 6.45) is 5.94. The second-order valence-electron chi connectivity index (χ2n) is 6.04. The summed E-state index contributed by atoms with van der Waals surface area (Å²) < 4.78 is 15.0. The fourth-order valence-corrected chi connectivity index (χ4v) is 2.76. The quantitative estimate of drug-likeness (QED) is 0.403. The van der Waals surface area contributed by atoms with Crippen LogP contribution < -0.4 is 5.32 Å². The molecule has 0 aliphatic carbocycles. The SMILES string of the molecule is Cn1ccnc1C(NC(=O)/C=C/c1ccccc1[N+](=O)[O-])c1ccc(F)cc1. The zero-order valence-corrected chi connectivity index (χ0v) is 14.9. The topological polar surface area (TPSA) is 90.1 Å². The van der Waals surface area contributed by atoms with Crippen molar-refractivity contribution in [2.75, 3.05) is 0 Å². The lowest BCUT2D eigenvalue weighted by atomic mass is 10.1. The third-order valence-electron chi connectivity index (χ3n) is 4.15. The lowest BCUT2D eigenvalue weighted by Crippen LogP contribution is -2.29. The average Bonchev–Trinajstić information content (AvgIpc) is 3.11. The maximum absolute atomic E-state index is 13.3. The molecular weight excluding hydrogens is 363 g/mol. The van der Waals surface area contributed by atoms with Crippen LogP contribution in [0, 0.1) is 15.9 Å². The Bertz CT molecular complexity index is 1030. The number of carbonyl (C=O) groups excluding carboxylic acids is 1. The molecule has 142 valence electrons. The maximum atomic E-state index is 13.3. The van der Waals surface area contributed by atoms with Gasteiger partial charge in [0, 0.05) is 31.6 Å². The van der Waals surface area contributed by atoms with Crippen molar-refractivity contribution in [2.45, 2.75) is 6.04 Å². The van der Waals surface area contributed by atoms with E-state index in [1.165, 1.54) is 30.4 Å². The molecular formula is C20H17FN4O3. The molecule has 0 saturated carbocycles. The summed E-state index contributed by atoms with van der Waals surface area (Å²) in [5, 5.41) is 13.9. The van der Waals surface area contributed by atoms with Crippen molar-refractivity contribution in [3.8, 4) is 0 Å². The highest BCUT2D eigenvalue weighted by Crippen LogP contribution is 2.22. The first kappa shape index (κ1) is 19.0. The summed E-state index contributed by atoms with van der Waals surface area (Å²) in [5.41, 5.74) is 0.881. The standard InChI is InChI=1S/C20H17FN4O3/c1-24-13-12-22-20(24)19(15-6-9-16(21)10-7-15)23-18(26)11-8-14-4-2-3-5-17(14)25(27)28/h2-13,19H,1H3,(H,23,26)/b11-8+. The second-order valence-corrected chi connectivity index (χ2v) is 6.04. The Balaban J connectivity index is 1.85. The van der Waals surface area contributed by atoms with Gasteiger partial charge in [-0.15, -0.1) is 0 Å². The number of aromatic nitrogens is 2. The van der Waals surface area contributed by atoms with Gasteiger partial charge in [0.05, 0.1) is 10.5 Å². The van der Waals surface area contributed by atoms with Crippen LogP contribution in [0.5, 0.6) is 0 Å². The van der Waals surface area contributed by atoms with Crippen molar-refractivity contribution >= 4 is 17.7 Å². The minimum atomic E-state index is -0.608. The molecule has 2 aromatic carbocycles. The van der Waals surface area contributed by atoms with Crippen molar-refractivity contribution in [1.82, 2.24) is 14.9 Å². The Morgan fingerprint density at radius 2 is 1.96 bits per heavy atom. The minimum absolute atomic E-state index is 0.0919. The molecule has 0 bridgehead atoms. The fourth-order valence-electron chi connectivity index (χ4n) is 2.76. The van der Waals surface area contributed by atoms with E-state index in [2.05, 4.69) is 10.3 Å². The van der Waals surface area contributed by atoms with Crippen LogP contribution in [0.1, 0.15) is 23.0 Å². The number of carbonyl (C=O) groups is 1. The largest absolute Gasteiger partial charge is 0.339 e. The zero-order chi connectivity index (χ0) is 20.1. The first-order valence-electron chi connectivity index (χ1n) is 8.40. The molecule has 1 heterocycles. The van der Waals surface area contributed by atoms with E-state index in [0.717, 1.165) is 0 Å². The smallest absolute Gasteiger partial charge is 0.276 e. The molecule has 1 unspecified atom stereocenters. The van der Waals surface area contributed by atoms with Crippen LogP contribution in [0.25, 0.3) is 6.08 Å². The van der Waals surface area contributed by atoms with E-state index in [1.54, 1.807) is 54.3 Å². The minimum Gasteiger partial charge on any atom is -0.339 e. The van der Waals surface area contributed by atoms with Crippen molar-refractivity contribution < 1.29 is 14.1 Å². The number of aryl methyl sites for hydroxylation is 1. The number of nitrogens with zero attached hydrogens (tertiary/aromatic N) is 3. The zero-order valence-electron chi connectivity index (χ0n) is 14.9. The summed E-state index contributed by atoms with van der Waals surface area (Å²) >= 11 is 0. The summed E-state index contributed by atoms with van der Waals surface area (Å²) in [7, 11) is 1.79. The predicted octanol–water partition coefficient (Wildman–Crippen LogP) is 3.39. The normalized spacial score (nSPS) is 12.1. The lowest BCUT2D eigenvalue weighted by molar-refractivity contribution is -0.385. The number of amides is 1. The molecule has 0 radical (unpaired) electrons. The molecule has 0 aliphatic rings. The van der Waals surface area contributed by atoms with Gasteiger partial charge in [0.2, 0.25) is 5.91 Å². The Labute approximate surface area is 160 Å². The number of nitro benzene ring substituents is 1. The summed E-state index contributed by atoms with van der Waals surface area (Å²) in [6, 6.07) is 11.3. The number of hydrogen-bond donors (Lipinski definition) is 1. The second kappa shape index (κ2) is 8.26. The van der Waals surface area contributed by atoms with E-state index >= 15 is 0 Å². The van der Waals surface area contributed by atoms with Crippen LogP contribution in [-0.4, -0.2) is 20.4 Å². The molecule has 1 atom stereocenters. The van der Waals surface area contributed by atoms with E-state index in [-0.39, 0.29) is 11.5 Å². The molecule has 1 amide bonds. The van der Waals surface area contributed by atoms with E-state index in [9.17, 15) is 19.3 Å². The first-order valence-corrected chi connectivity index (χ1v) is 8.40. The number of imidazole rings is 1. The molecule has 28 heavy (non-hydrogen) atoms. The lowest BCUT2D eigenvalue weighted by Gasteiger charge is -2.18. The van der Waals surface area contributed by atoms with Gasteiger partial charge >= 0.3 is 0 Å². The third-order valence-corrected chi connectivity index (χ3v) is 4.15. The number of benzene rings is 2. The third kappa shape index (κ3) is 4.29. The van der Waals surface area contributed by atoms with Crippen LogP contribution in [0.15, 0.2) is 67.0 Å². The highest BCUT2D eigenvalue weighted by atomic mass is 19.1. The number of para-hydroxylation sites is 1. The molecule has 0 saturated heterocycles. The van der Waals surface area contributed by atoms with Gasteiger partial charge in [0.1, 0.15) is 17.7 Å². The monoisotopic (exact) mass is 380 g/mol. The van der Waals surface area contributed by atoms with Crippen molar-refractivity contribution in [1.29, 1.82) is 0 Å². The molecule has 1 N–H and O–H groups in total. The van der Waals surface area contributed by atoms with E-state index in [4.69, 9.17) is 0 Å². The number of hydrogen-bond acceptors (Lipinski definition) is 4. The summed E-state index contributed by atoms with van der Waals surface area (Å²) in [5.74, 6) is -0.278. The average molecular weight is 380 g/mol. The Hall–Kier alpha value is -3.81. The molecule has 0 fully saturated rings. The Morgan fingerprint density at radius 3 is 2.61 bits per heavy atom. The van der Waals surface area contributed by atoms with Crippen molar-refractivity contribution in [3.05, 3.63) is 99.9 Å². The number of rotatable bonds is 6. The van der Waals surface area contributed by atoms with Gasteiger partial charge in [-0.25, -0.2) is 9.37 Å². The van der Waals surface area contributed by atoms with Crippen LogP contribution >= 0.6 is 0 Å². The van der Waals surface area contributed by atoms with E-state index < -0.39 is 16.9 Å². The van der Waals surface area contributed by atoms with Crippen molar-refractivity contribution in [2.24, 2.45) is 7.05 Å². The highest BCUT2D eigenvalue weighted by molar-refractivity contribution is 5.92. The van der Waals surface area contributed by atoms with Crippen LogP contribution in [0.4, 0.5) is 10.1 Å². The summed E-state index contributed by atoms with van der Waals surface area (Å²) in [4.78, 5) is 27.3. The number of halogens is 1. The van der Waals surface area contributed by atoms with Crippen LogP contribution in [0.3, 0.4) is 0 Å². The molecule has 0 spiro atoms. The molecule has 8 heteroatoms. The van der Waals surface area contributed by atoms with Crippen LogP contribution in [-0.2, 0) is 11.8 Å². The van der Waals surface area contributed by atoms with Crippen LogP contribution in [0.2, 0.25) is 0 Å². The maximum Gasteiger partial charge on any atom is 0.276 e. The number of nitrogens with one attached hydrogen (secondary N) is 1. The highest BCUT2D eigenvalue weighted by Gasteiger charge is 2.20. The summed E-state index contributed by atoms with van der Waals surface area (Å²) in [6.45, 7) is 0. The van der Waals surface area contributed by atoms with Gasteiger partial charge in [0.15, 0.2) is 0 Å². The predicted molar refractivity (Wildman–Crippen MR) is 102 cm³/mol. The first-order chi connectivity index (χ1) is 13.5. The van der Waals surface area contributed by atoms with Crippen molar-refractivity contribution in [3.63, 3.8) is 0 Å². The number of nitro groups is 1. The molecule has 7 nitrogen and oxygen atoms in total. The molecule has 3 aromatic rings. The van der Waals surface area contributed by atoms with Gasteiger partial charge in [-0.1, -0.05) is 24.3 Å². The molecule has 3 rings (SSSR count). The molecule has 0 aliphatic heterocycles. The van der Waals surface area contributed by atoms with Gasteiger partial charge in [-0.3, -0.25) is 14.9 Å². The van der Waals surface area contributed by atoms with Gasteiger partial charge in [0.25, 0.3) is 5.69 Å². The van der Waals surface area contributed by atoms with Gasteiger partial charge in [-0.2, -0.15) is 0 Å². The Kier molecular flexibility index (Phi) is 5.59. The van der Waals surface area contributed by atoms with Gasteiger partial charge < -0.3 is 9.88 Å².